The van der Waals surface area contributed by atoms with Gasteiger partial charge in [0.1, 0.15) is 17.7 Å². The van der Waals surface area contributed by atoms with E-state index in [1.807, 2.05) is 12.4 Å². The first-order chi connectivity index (χ1) is 12.2. The predicted molar refractivity (Wildman–Crippen MR) is 92.5 cm³/mol. The Balaban J connectivity index is 1.48. The van der Waals surface area contributed by atoms with Crippen LogP contribution in [0.4, 0.5) is 4.39 Å². The van der Waals surface area contributed by atoms with Gasteiger partial charge < -0.3 is 15.2 Å². The summed E-state index contributed by atoms with van der Waals surface area (Å²) >= 11 is 0. The van der Waals surface area contributed by atoms with Gasteiger partial charge in [-0.2, -0.15) is 0 Å². The molecule has 0 radical (unpaired) electrons. The monoisotopic (exact) mass is 342 g/mol. The Morgan fingerprint density at radius 2 is 2.08 bits per heavy atom. The summed E-state index contributed by atoms with van der Waals surface area (Å²) in [5, 5.41) is 6.45. The van der Waals surface area contributed by atoms with E-state index in [0.717, 1.165) is 43.6 Å². The molecule has 132 valence electrons. The molecule has 0 unspecified atom stereocenters. The van der Waals surface area contributed by atoms with Crippen molar-refractivity contribution in [1.82, 2.24) is 20.2 Å². The summed E-state index contributed by atoms with van der Waals surface area (Å²) in [5.41, 5.74) is 0.790. The maximum Gasteiger partial charge on any atom is 0.241 e. The smallest absolute Gasteiger partial charge is 0.241 e. The van der Waals surface area contributed by atoms with Crippen molar-refractivity contribution < 1.29 is 9.18 Å². The second kappa shape index (κ2) is 6.96. The van der Waals surface area contributed by atoms with Crippen LogP contribution < -0.4 is 10.6 Å². The highest BCUT2D eigenvalue weighted by Gasteiger charge is 2.29. The predicted octanol–water partition coefficient (Wildman–Crippen LogP) is 2.51. The van der Waals surface area contributed by atoms with Crippen molar-refractivity contribution in [2.45, 2.75) is 50.2 Å². The van der Waals surface area contributed by atoms with Gasteiger partial charge in [0.25, 0.3) is 0 Å². The molecule has 25 heavy (non-hydrogen) atoms. The number of imidazole rings is 1. The molecule has 0 bridgehead atoms. The van der Waals surface area contributed by atoms with Crippen LogP contribution in [0.3, 0.4) is 0 Å². The van der Waals surface area contributed by atoms with Crippen molar-refractivity contribution in [2.75, 3.05) is 6.54 Å². The van der Waals surface area contributed by atoms with Crippen molar-refractivity contribution >= 4 is 5.91 Å². The number of carbonyl (C=O) groups is 1. The van der Waals surface area contributed by atoms with Gasteiger partial charge in [0.2, 0.25) is 5.91 Å². The average Bonchev–Trinajstić information content (AvgIpc) is 3.29. The molecule has 2 N–H and O–H groups in total. The van der Waals surface area contributed by atoms with Gasteiger partial charge in [-0.25, -0.2) is 9.37 Å². The highest BCUT2D eigenvalue weighted by Crippen LogP contribution is 2.26. The molecule has 2 heterocycles. The fourth-order valence-corrected chi connectivity index (χ4v) is 3.49. The second-order valence-electron chi connectivity index (χ2n) is 6.99. The van der Waals surface area contributed by atoms with Gasteiger partial charge in [0.05, 0.1) is 0 Å². The summed E-state index contributed by atoms with van der Waals surface area (Å²) in [6.07, 6.45) is 8.11. The van der Waals surface area contributed by atoms with Crippen molar-refractivity contribution in [3.05, 3.63) is 53.9 Å². The van der Waals surface area contributed by atoms with Gasteiger partial charge in [0.15, 0.2) is 0 Å². The number of rotatable bonds is 6. The van der Waals surface area contributed by atoms with E-state index in [2.05, 4.69) is 20.2 Å². The van der Waals surface area contributed by atoms with E-state index in [0.29, 0.717) is 18.5 Å². The van der Waals surface area contributed by atoms with Gasteiger partial charge >= 0.3 is 0 Å². The lowest BCUT2D eigenvalue weighted by atomic mass is 9.97. The minimum atomic E-state index is -0.466. The topological polar surface area (TPSA) is 59.0 Å². The van der Waals surface area contributed by atoms with Crippen molar-refractivity contribution in [2.24, 2.45) is 0 Å². The third kappa shape index (κ3) is 3.74. The van der Waals surface area contributed by atoms with Crippen LogP contribution in [-0.4, -0.2) is 28.0 Å². The minimum Gasteiger partial charge on any atom is -0.352 e. The highest BCUT2D eigenvalue weighted by atomic mass is 19.1. The summed E-state index contributed by atoms with van der Waals surface area (Å²) in [6.45, 7) is 1.69. The minimum absolute atomic E-state index is 0.0340. The van der Waals surface area contributed by atoms with Crippen LogP contribution in [0.5, 0.6) is 0 Å². The number of hydrogen-bond donors (Lipinski definition) is 2. The standard InChI is InChI=1S/C19H23FN4O/c20-15-5-3-13(4-6-15)17(19(25)23-16-7-8-16)22-12-14-2-1-10-24-11-9-21-18(14)24/h3-6,9,11,14,16-17,22H,1-2,7-8,10,12H2,(H,23,25)/t14-,17+/m1/s1. The number of nitrogens with one attached hydrogen (secondary N) is 2. The van der Waals surface area contributed by atoms with E-state index in [-0.39, 0.29) is 11.7 Å². The number of amides is 1. The number of benzene rings is 1. The van der Waals surface area contributed by atoms with Crippen LogP contribution in [0.2, 0.25) is 0 Å². The van der Waals surface area contributed by atoms with E-state index in [9.17, 15) is 9.18 Å². The number of hydrogen-bond acceptors (Lipinski definition) is 3. The molecule has 0 spiro atoms. The van der Waals surface area contributed by atoms with Crippen LogP contribution >= 0.6 is 0 Å². The van der Waals surface area contributed by atoms with E-state index in [1.54, 1.807) is 12.1 Å². The first-order valence-electron chi connectivity index (χ1n) is 9.01. The molecule has 2 atom stereocenters. The second-order valence-corrected chi connectivity index (χ2v) is 6.99. The number of fused-ring (bicyclic) bond motifs is 1. The Bertz CT molecular complexity index is 738. The molecule has 5 nitrogen and oxygen atoms in total. The molecule has 1 saturated carbocycles. The van der Waals surface area contributed by atoms with Gasteiger partial charge in [-0.15, -0.1) is 0 Å². The van der Waals surface area contributed by atoms with Crippen LogP contribution in [0.1, 0.15) is 49.0 Å². The number of aryl methyl sites for hydroxylation is 1. The van der Waals surface area contributed by atoms with E-state index >= 15 is 0 Å². The lowest BCUT2D eigenvalue weighted by molar-refractivity contribution is -0.123. The number of carbonyl (C=O) groups excluding carboxylic acids is 1. The molecule has 0 saturated heterocycles. The number of nitrogens with zero attached hydrogens (tertiary/aromatic N) is 2. The van der Waals surface area contributed by atoms with Crippen molar-refractivity contribution in [3.8, 4) is 0 Å². The molecule has 1 aromatic heterocycles. The molecular weight excluding hydrogens is 319 g/mol. The Hall–Kier alpha value is -2.21. The van der Waals surface area contributed by atoms with E-state index in [4.69, 9.17) is 0 Å². The van der Waals surface area contributed by atoms with E-state index in [1.165, 1.54) is 12.1 Å². The largest absolute Gasteiger partial charge is 0.352 e. The summed E-state index contributed by atoms with van der Waals surface area (Å²) in [5.74, 6) is 1.05. The Kier molecular flexibility index (Phi) is 4.53. The quantitative estimate of drug-likeness (QED) is 0.848. The molecule has 1 aromatic carbocycles. The van der Waals surface area contributed by atoms with Gasteiger partial charge in [-0.1, -0.05) is 12.1 Å². The summed E-state index contributed by atoms with van der Waals surface area (Å²) in [6, 6.07) is 6.00. The first-order valence-corrected chi connectivity index (χ1v) is 9.01. The van der Waals surface area contributed by atoms with Crippen LogP contribution in [-0.2, 0) is 11.3 Å². The van der Waals surface area contributed by atoms with Crippen LogP contribution in [0.15, 0.2) is 36.7 Å². The Morgan fingerprint density at radius 1 is 1.28 bits per heavy atom. The summed E-state index contributed by atoms with van der Waals surface area (Å²) in [4.78, 5) is 17.1. The van der Waals surface area contributed by atoms with Gasteiger partial charge in [-0.3, -0.25) is 4.79 Å². The normalized spacial score (nSPS) is 20.8. The van der Waals surface area contributed by atoms with Crippen LogP contribution in [0, 0.1) is 5.82 Å². The Labute approximate surface area is 146 Å². The lowest BCUT2D eigenvalue weighted by Gasteiger charge is -2.26. The molecule has 2 aliphatic rings. The fraction of sp³-hybridized carbons (Fsp3) is 0.474. The zero-order chi connectivity index (χ0) is 17.2. The molecular formula is C19H23FN4O. The molecule has 4 rings (SSSR count). The zero-order valence-electron chi connectivity index (χ0n) is 14.1. The summed E-state index contributed by atoms with van der Waals surface area (Å²) in [7, 11) is 0. The molecule has 1 aliphatic heterocycles. The third-order valence-corrected chi connectivity index (χ3v) is 5.02. The van der Waals surface area contributed by atoms with Crippen molar-refractivity contribution in [3.63, 3.8) is 0 Å². The molecule has 1 aliphatic carbocycles. The summed E-state index contributed by atoms with van der Waals surface area (Å²) < 4.78 is 15.4. The maximum atomic E-state index is 13.2. The number of aromatic nitrogens is 2. The highest BCUT2D eigenvalue weighted by molar-refractivity contribution is 5.83. The van der Waals surface area contributed by atoms with Crippen LogP contribution in [0.25, 0.3) is 0 Å². The first kappa shape index (κ1) is 16.3. The average molecular weight is 342 g/mol. The lowest BCUT2D eigenvalue weighted by Crippen LogP contribution is -2.40. The van der Waals surface area contributed by atoms with E-state index < -0.39 is 6.04 Å². The number of halogens is 1. The Morgan fingerprint density at radius 3 is 2.84 bits per heavy atom. The van der Waals surface area contributed by atoms with Gasteiger partial charge in [0, 0.05) is 37.4 Å². The van der Waals surface area contributed by atoms with Gasteiger partial charge in [-0.05, 0) is 43.4 Å². The SMILES string of the molecule is O=C(NC1CC1)[C@@H](NC[C@H]1CCCn2ccnc21)c1ccc(F)cc1. The maximum absolute atomic E-state index is 13.2. The fourth-order valence-electron chi connectivity index (χ4n) is 3.49. The molecule has 6 heteroatoms. The molecule has 1 fully saturated rings. The third-order valence-electron chi connectivity index (χ3n) is 5.02. The van der Waals surface area contributed by atoms with Crippen molar-refractivity contribution in [1.29, 1.82) is 0 Å². The molecule has 1 amide bonds. The zero-order valence-corrected chi connectivity index (χ0v) is 14.1. The molecule has 2 aromatic rings.